The normalized spacial score (nSPS) is 29.6. The molecule has 0 bridgehead atoms. The van der Waals surface area contributed by atoms with Gasteiger partial charge in [-0.15, -0.1) is 0 Å². The number of H-pyrrole nitrogens is 1. The van der Waals surface area contributed by atoms with E-state index in [-0.39, 0.29) is 5.54 Å². The average molecular weight is 231 g/mol. The molecule has 5 heteroatoms. The van der Waals surface area contributed by atoms with Crippen molar-refractivity contribution in [1.29, 1.82) is 0 Å². The summed E-state index contributed by atoms with van der Waals surface area (Å²) in [4.78, 5) is 15.9. The molecule has 2 unspecified atom stereocenters. The van der Waals surface area contributed by atoms with E-state index in [0.717, 1.165) is 24.2 Å². The molecule has 0 spiro atoms. The number of nitrogens with two attached hydrogens (primary N) is 1. The van der Waals surface area contributed by atoms with Crippen molar-refractivity contribution in [3.8, 4) is 0 Å². The summed E-state index contributed by atoms with van der Waals surface area (Å²) in [6.07, 6.45) is 7.66. The lowest BCUT2D eigenvalue weighted by Crippen LogP contribution is -2.42. The maximum absolute atomic E-state index is 6.49. The van der Waals surface area contributed by atoms with Crippen molar-refractivity contribution in [3.05, 3.63) is 18.3 Å². The van der Waals surface area contributed by atoms with Crippen LogP contribution in [0.3, 0.4) is 0 Å². The Morgan fingerprint density at radius 3 is 3.18 bits per heavy atom. The number of imidazole rings is 1. The lowest BCUT2D eigenvalue weighted by molar-refractivity contribution is 0.230. The van der Waals surface area contributed by atoms with Crippen LogP contribution in [0.15, 0.2) is 12.5 Å². The quantitative estimate of drug-likeness (QED) is 0.783. The van der Waals surface area contributed by atoms with Gasteiger partial charge in [0.25, 0.3) is 0 Å². The summed E-state index contributed by atoms with van der Waals surface area (Å²) in [5, 5.41) is 0. The van der Waals surface area contributed by atoms with Crippen LogP contribution in [0, 0.1) is 5.92 Å². The van der Waals surface area contributed by atoms with E-state index in [1.165, 1.54) is 19.2 Å². The van der Waals surface area contributed by atoms with E-state index in [1.54, 1.807) is 6.20 Å². The van der Waals surface area contributed by atoms with Gasteiger partial charge in [-0.1, -0.05) is 19.8 Å². The van der Waals surface area contributed by atoms with E-state index in [9.17, 15) is 0 Å². The van der Waals surface area contributed by atoms with Crippen LogP contribution < -0.4 is 5.73 Å². The topological polar surface area (TPSA) is 80.5 Å². The van der Waals surface area contributed by atoms with Gasteiger partial charge in [-0.3, -0.25) is 0 Å². The van der Waals surface area contributed by atoms with Crippen LogP contribution in [-0.2, 0) is 5.54 Å². The van der Waals surface area contributed by atoms with Gasteiger partial charge in [0.2, 0.25) is 0 Å². The molecule has 90 valence electrons. The molecule has 5 nitrogen and oxygen atoms in total. The fraction of sp³-hybridized carbons (Fsp3) is 0.583. The maximum Gasteiger partial charge on any atom is 0.180 e. The van der Waals surface area contributed by atoms with Crippen molar-refractivity contribution in [2.75, 3.05) is 0 Å². The molecule has 1 aliphatic rings. The monoisotopic (exact) mass is 231 g/mol. The summed E-state index contributed by atoms with van der Waals surface area (Å²) in [6.45, 7) is 2.25. The predicted octanol–water partition coefficient (Wildman–Crippen LogP) is 1.72. The van der Waals surface area contributed by atoms with E-state index in [0.29, 0.717) is 11.6 Å². The Morgan fingerprint density at radius 1 is 1.53 bits per heavy atom. The van der Waals surface area contributed by atoms with Gasteiger partial charge in [-0.2, -0.15) is 0 Å². The first-order valence-electron chi connectivity index (χ1n) is 6.12. The lowest BCUT2D eigenvalue weighted by atomic mass is 9.76. The second kappa shape index (κ2) is 3.77. The zero-order chi connectivity index (χ0) is 11.9. The van der Waals surface area contributed by atoms with Gasteiger partial charge in [-0.05, 0) is 18.8 Å². The summed E-state index contributed by atoms with van der Waals surface area (Å²) in [5.74, 6) is 1.52. The van der Waals surface area contributed by atoms with Gasteiger partial charge in [0.05, 0.1) is 11.7 Å². The minimum atomic E-state index is -0.321. The standard InChI is InChI=1S/C12H17N5/c1-8-3-2-4-12(13,5-8)11-16-9-6-14-7-15-10(9)17-11/h6-8H,2-5,13H2,1H3,(H,14,15,16,17). The Morgan fingerprint density at radius 2 is 2.41 bits per heavy atom. The number of aromatic nitrogens is 4. The van der Waals surface area contributed by atoms with Crippen LogP contribution >= 0.6 is 0 Å². The highest BCUT2D eigenvalue weighted by Crippen LogP contribution is 2.36. The van der Waals surface area contributed by atoms with Gasteiger partial charge in [0, 0.05) is 0 Å². The van der Waals surface area contributed by atoms with E-state index >= 15 is 0 Å². The first-order chi connectivity index (χ1) is 8.17. The zero-order valence-corrected chi connectivity index (χ0v) is 9.98. The predicted molar refractivity (Wildman–Crippen MR) is 65.2 cm³/mol. The molecule has 2 aromatic rings. The SMILES string of the molecule is CC1CCCC(N)(c2nc3ncncc3[nH]2)C1. The van der Waals surface area contributed by atoms with Crippen LogP contribution in [-0.4, -0.2) is 19.9 Å². The first-order valence-corrected chi connectivity index (χ1v) is 6.12. The fourth-order valence-corrected chi connectivity index (χ4v) is 2.80. The number of hydrogen-bond acceptors (Lipinski definition) is 4. The van der Waals surface area contributed by atoms with E-state index in [1.807, 2.05) is 0 Å². The van der Waals surface area contributed by atoms with Crippen molar-refractivity contribution in [2.45, 2.75) is 38.1 Å². The molecule has 0 saturated heterocycles. The molecule has 0 radical (unpaired) electrons. The number of nitrogens with zero attached hydrogens (tertiary/aromatic N) is 3. The van der Waals surface area contributed by atoms with E-state index < -0.39 is 0 Å². The van der Waals surface area contributed by atoms with Gasteiger partial charge < -0.3 is 10.7 Å². The molecule has 1 fully saturated rings. The third kappa shape index (κ3) is 1.80. The lowest BCUT2D eigenvalue weighted by Gasteiger charge is -2.34. The zero-order valence-electron chi connectivity index (χ0n) is 9.98. The molecular weight excluding hydrogens is 214 g/mol. The molecule has 17 heavy (non-hydrogen) atoms. The van der Waals surface area contributed by atoms with Gasteiger partial charge in [0.15, 0.2) is 5.65 Å². The summed E-state index contributed by atoms with van der Waals surface area (Å²) in [6, 6.07) is 0. The number of fused-ring (bicyclic) bond motifs is 1. The molecule has 1 aliphatic carbocycles. The Labute approximate surface area is 99.9 Å². The number of rotatable bonds is 1. The van der Waals surface area contributed by atoms with Crippen LogP contribution in [0.4, 0.5) is 0 Å². The van der Waals surface area contributed by atoms with Crippen molar-refractivity contribution in [2.24, 2.45) is 11.7 Å². The number of hydrogen-bond donors (Lipinski definition) is 2. The minimum absolute atomic E-state index is 0.321. The maximum atomic E-state index is 6.49. The highest BCUT2D eigenvalue weighted by atomic mass is 15.1. The molecule has 0 aliphatic heterocycles. The smallest absolute Gasteiger partial charge is 0.180 e. The summed E-state index contributed by atoms with van der Waals surface area (Å²) in [5.41, 5.74) is 7.74. The highest BCUT2D eigenvalue weighted by Gasteiger charge is 2.35. The molecule has 2 aromatic heterocycles. The largest absolute Gasteiger partial charge is 0.338 e. The van der Waals surface area contributed by atoms with Gasteiger partial charge in [0.1, 0.15) is 17.7 Å². The molecule has 3 rings (SSSR count). The van der Waals surface area contributed by atoms with Crippen LogP contribution in [0.5, 0.6) is 0 Å². The van der Waals surface area contributed by atoms with Gasteiger partial charge in [-0.25, -0.2) is 15.0 Å². The van der Waals surface area contributed by atoms with E-state index in [4.69, 9.17) is 5.73 Å². The Hall–Kier alpha value is -1.49. The molecule has 0 amide bonds. The Kier molecular flexibility index (Phi) is 2.36. The number of nitrogens with one attached hydrogen (secondary N) is 1. The second-order valence-electron chi connectivity index (χ2n) is 5.20. The van der Waals surface area contributed by atoms with Crippen molar-refractivity contribution >= 4 is 11.2 Å². The van der Waals surface area contributed by atoms with Gasteiger partial charge >= 0.3 is 0 Å². The molecule has 3 N–H and O–H groups in total. The molecular formula is C12H17N5. The first kappa shape index (κ1) is 10.7. The average Bonchev–Trinajstić information content (AvgIpc) is 2.73. The number of aromatic amines is 1. The molecule has 0 aromatic carbocycles. The second-order valence-corrected chi connectivity index (χ2v) is 5.20. The minimum Gasteiger partial charge on any atom is -0.338 e. The van der Waals surface area contributed by atoms with Crippen LogP contribution in [0.25, 0.3) is 11.2 Å². The highest BCUT2D eigenvalue weighted by molar-refractivity contribution is 5.69. The third-order valence-corrected chi connectivity index (χ3v) is 3.67. The summed E-state index contributed by atoms with van der Waals surface area (Å²) < 4.78 is 0. The Balaban J connectivity index is 2.02. The van der Waals surface area contributed by atoms with E-state index in [2.05, 4.69) is 26.9 Å². The molecule has 2 atom stereocenters. The van der Waals surface area contributed by atoms with Crippen LogP contribution in [0.2, 0.25) is 0 Å². The molecule has 2 heterocycles. The summed E-state index contributed by atoms with van der Waals surface area (Å²) >= 11 is 0. The summed E-state index contributed by atoms with van der Waals surface area (Å²) in [7, 11) is 0. The molecule has 1 saturated carbocycles. The van der Waals surface area contributed by atoms with Crippen LogP contribution in [0.1, 0.15) is 38.4 Å². The fourth-order valence-electron chi connectivity index (χ4n) is 2.80. The Bertz CT molecular complexity index is 501. The van der Waals surface area contributed by atoms with Crippen molar-refractivity contribution < 1.29 is 0 Å². The van der Waals surface area contributed by atoms with Crippen molar-refractivity contribution in [1.82, 2.24) is 19.9 Å². The van der Waals surface area contributed by atoms with Crippen molar-refractivity contribution in [3.63, 3.8) is 0 Å². The third-order valence-electron chi connectivity index (χ3n) is 3.67.